The molecule has 0 spiro atoms. The summed E-state index contributed by atoms with van der Waals surface area (Å²) in [5, 5.41) is 7.52. The molecule has 2 aromatic rings. The van der Waals surface area contributed by atoms with Gasteiger partial charge >= 0.3 is 0 Å². The van der Waals surface area contributed by atoms with Crippen LogP contribution >= 0.6 is 0 Å². The maximum Gasteiger partial charge on any atom is 0.115 e. The number of rotatable bonds is 4. The first kappa shape index (κ1) is 10.8. The molecule has 5 heteroatoms. The highest BCUT2D eigenvalue weighted by Gasteiger charge is 2.16. The van der Waals surface area contributed by atoms with E-state index in [1.165, 1.54) is 6.33 Å². The Morgan fingerprint density at radius 1 is 1.38 bits per heavy atom. The van der Waals surface area contributed by atoms with E-state index < -0.39 is 0 Å². The van der Waals surface area contributed by atoms with Crippen LogP contribution in [0.15, 0.2) is 31.0 Å². The summed E-state index contributed by atoms with van der Waals surface area (Å²) in [5.41, 5.74) is 2.17. The Labute approximate surface area is 94.5 Å². The lowest BCUT2D eigenvalue weighted by Gasteiger charge is -2.16. The molecule has 0 radical (unpaired) electrons. The third kappa shape index (κ3) is 1.94. The van der Waals surface area contributed by atoms with Crippen LogP contribution < -0.4 is 5.32 Å². The van der Waals surface area contributed by atoms with Gasteiger partial charge in [0.05, 0.1) is 11.7 Å². The molecule has 0 aliphatic carbocycles. The second-order valence-corrected chi connectivity index (χ2v) is 3.47. The first-order valence-corrected chi connectivity index (χ1v) is 5.30. The minimum Gasteiger partial charge on any atom is -0.308 e. The molecular weight excluding hydrogens is 202 g/mol. The Kier molecular flexibility index (Phi) is 3.26. The van der Waals surface area contributed by atoms with Gasteiger partial charge < -0.3 is 5.32 Å². The van der Waals surface area contributed by atoms with Gasteiger partial charge in [-0.3, -0.25) is 4.68 Å². The Hall–Kier alpha value is -1.75. The standard InChI is InChI=1S/C11H15N5/c1-3-16-10(4-5-15-16)11(12-2)9-6-13-8-14-7-9/h4-8,11-12H,3H2,1-2H3. The molecule has 0 saturated carbocycles. The number of hydrogen-bond acceptors (Lipinski definition) is 4. The van der Waals surface area contributed by atoms with Crippen LogP contribution in [0.2, 0.25) is 0 Å². The highest BCUT2D eigenvalue weighted by molar-refractivity contribution is 5.22. The molecule has 0 aliphatic rings. The fraction of sp³-hybridized carbons (Fsp3) is 0.364. The van der Waals surface area contributed by atoms with Crippen molar-refractivity contribution in [2.24, 2.45) is 0 Å². The average Bonchev–Trinajstić information content (AvgIpc) is 2.80. The summed E-state index contributed by atoms with van der Waals surface area (Å²) >= 11 is 0. The van der Waals surface area contributed by atoms with Crippen molar-refractivity contribution in [2.45, 2.75) is 19.5 Å². The fourth-order valence-electron chi connectivity index (χ4n) is 1.80. The molecule has 2 heterocycles. The molecule has 0 aliphatic heterocycles. The lowest BCUT2D eigenvalue weighted by molar-refractivity contribution is 0.561. The summed E-state index contributed by atoms with van der Waals surface area (Å²) in [4.78, 5) is 8.08. The van der Waals surface area contributed by atoms with Crippen molar-refractivity contribution < 1.29 is 0 Å². The fourth-order valence-corrected chi connectivity index (χ4v) is 1.80. The zero-order valence-corrected chi connectivity index (χ0v) is 9.46. The number of hydrogen-bond donors (Lipinski definition) is 1. The van der Waals surface area contributed by atoms with E-state index >= 15 is 0 Å². The van der Waals surface area contributed by atoms with Crippen molar-refractivity contribution in [3.05, 3.63) is 42.2 Å². The molecule has 0 fully saturated rings. The average molecular weight is 217 g/mol. The zero-order chi connectivity index (χ0) is 11.4. The van der Waals surface area contributed by atoms with Gasteiger partial charge in [-0.2, -0.15) is 5.10 Å². The molecule has 1 atom stereocenters. The van der Waals surface area contributed by atoms with Gasteiger partial charge in [0.1, 0.15) is 6.33 Å². The van der Waals surface area contributed by atoms with Crippen molar-refractivity contribution in [2.75, 3.05) is 7.05 Å². The van der Waals surface area contributed by atoms with E-state index in [-0.39, 0.29) is 6.04 Å². The van der Waals surface area contributed by atoms with Crippen LogP contribution in [0.1, 0.15) is 24.2 Å². The normalized spacial score (nSPS) is 12.6. The summed E-state index contributed by atoms with van der Waals surface area (Å²) in [5.74, 6) is 0. The van der Waals surface area contributed by atoms with E-state index in [1.54, 1.807) is 0 Å². The van der Waals surface area contributed by atoms with E-state index in [1.807, 2.05) is 36.4 Å². The zero-order valence-electron chi connectivity index (χ0n) is 9.46. The van der Waals surface area contributed by atoms with Crippen LogP contribution in [0.3, 0.4) is 0 Å². The SMILES string of the molecule is CCn1nccc1C(NC)c1cncnc1. The van der Waals surface area contributed by atoms with Crippen molar-refractivity contribution >= 4 is 0 Å². The quantitative estimate of drug-likeness (QED) is 0.830. The molecule has 2 aromatic heterocycles. The molecule has 0 saturated heterocycles. The third-order valence-corrected chi connectivity index (χ3v) is 2.55. The Morgan fingerprint density at radius 3 is 2.75 bits per heavy atom. The van der Waals surface area contributed by atoms with E-state index in [9.17, 15) is 0 Å². The summed E-state index contributed by atoms with van der Waals surface area (Å²) < 4.78 is 1.97. The van der Waals surface area contributed by atoms with E-state index in [2.05, 4.69) is 27.3 Å². The van der Waals surface area contributed by atoms with Crippen LogP contribution in [0.25, 0.3) is 0 Å². The minimum atomic E-state index is 0.0867. The van der Waals surface area contributed by atoms with Crippen molar-refractivity contribution in [1.82, 2.24) is 25.1 Å². The first-order chi connectivity index (χ1) is 7.86. The summed E-state index contributed by atoms with van der Waals surface area (Å²) in [6, 6.07) is 2.10. The molecule has 1 N–H and O–H groups in total. The van der Waals surface area contributed by atoms with Crippen LogP contribution in [0.5, 0.6) is 0 Å². The van der Waals surface area contributed by atoms with Crippen LogP contribution in [0.4, 0.5) is 0 Å². The number of nitrogens with one attached hydrogen (secondary N) is 1. The maximum atomic E-state index is 4.26. The van der Waals surface area contributed by atoms with Gasteiger partial charge in [0, 0.05) is 30.7 Å². The van der Waals surface area contributed by atoms with Crippen LogP contribution in [-0.2, 0) is 6.54 Å². The Balaban J connectivity index is 2.37. The molecule has 0 aromatic carbocycles. The third-order valence-electron chi connectivity index (χ3n) is 2.55. The summed E-state index contributed by atoms with van der Waals surface area (Å²) in [6.45, 7) is 2.93. The molecule has 0 bridgehead atoms. The monoisotopic (exact) mass is 217 g/mol. The highest BCUT2D eigenvalue weighted by atomic mass is 15.3. The van der Waals surface area contributed by atoms with Gasteiger partial charge in [0.2, 0.25) is 0 Å². The summed E-state index contributed by atoms with van der Waals surface area (Å²) in [7, 11) is 1.92. The van der Waals surface area contributed by atoms with E-state index in [0.29, 0.717) is 0 Å². The lowest BCUT2D eigenvalue weighted by Crippen LogP contribution is -2.21. The van der Waals surface area contributed by atoms with E-state index in [0.717, 1.165) is 17.8 Å². The minimum absolute atomic E-state index is 0.0867. The largest absolute Gasteiger partial charge is 0.308 e. The van der Waals surface area contributed by atoms with Gasteiger partial charge in [-0.25, -0.2) is 9.97 Å². The number of aryl methyl sites for hydroxylation is 1. The molecule has 16 heavy (non-hydrogen) atoms. The van der Waals surface area contributed by atoms with Gasteiger partial charge in [-0.15, -0.1) is 0 Å². The van der Waals surface area contributed by atoms with Crippen molar-refractivity contribution in [3.8, 4) is 0 Å². The highest BCUT2D eigenvalue weighted by Crippen LogP contribution is 2.19. The van der Waals surface area contributed by atoms with Gasteiger partial charge in [0.25, 0.3) is 0 Å². The number of nitrogens with zero attached hydrogens (tertiary/aromatic N) is 4. The predicted molar refractivity (Wildman–Crippen MR) is 60.8 cm³/mol. The van der Waals surface area contributed by atoms with Crippen LogP contribution in [0, 0.1) is 0 Å². The van der Waals surface area contributed by atoms with Crippen LogP contribution in [-0.4, -0.2) is 26.8 Å². The van der Waals surface area contributed by atoms with Crippen molar-refractivity contribution in [3.63, 3.8) is 0 Å². The molecule has 2 rings (SSSR count). The second-order valence-electron chi connectivity index (χ2n) is 3.47. The van der Waals surface area contributed by atoms with Gasteiger partial charge in [-0.05, 0) is 20.0 Å². The topological polar surface area (TPSA) is 55.6 Å². The van der Waals surface area contributed by atoms with E-state index in [4.69, 9.17) is 0 Å². The molecule has 0 amide bonds. The first-order valence-electron chi connectivity index (χ1n) is 5.30. The smallest absolute Gasteiger partial charge is 0.115 e. The Morgan fingerprint density at radius 2 is 2.12 bits per heavy atom. The summed E-state index contributed by atoms with van der Waals surface area (Å²) in [6.07, 6.45) is 6.99. The Bertz CT molecular complexity index is 437. The number of aromatic nitrogens is 4. The second kappa shape index (κ2) is 4.85. The van der Waals surface area contributed by atoms with Crippen molar-refractivity contribution in [1.29, 1.82) is 0 Å². The maximum absolute atomic E-state index is 4.26. The van der Waals surface area contributed by atoms with Gasteiger partial charge in [0.15, 0.2) is 0 Å². The molecule has 1 unspecified atom stereocenters. The van der Waals surface area contributed by atoms with Gasteiger partial charge in [-0.1, -0.05) is 0 Å². The molecular formula is C11H15N5. The lowest BCUT2D eigenvalue weighted by atomic mass is 10.1. The predicted octanol–water partition coefficient (Wildman–Crippen LogP) is 1.00. The molecule has 84 valence electrons. The molecule has 5 nitrogen and oxygen atoms in total.